The van der Waals surface area contributed by atoms with Crippen molar-refractivity contribution in [2.45, 2.75) is 0 Å². The number of benzene rings is 2. The molecule has 0 bridgehead atoms. The summed E-state index contributed by atoms with van der Waals surface area (Å²) in [6, 6.07) is 17.4. The predicted octanol–water partition coefficient (Wildman–Crippen LogP) is 4.23. The van der Waals surface area contributed by atoms with Crippen LogP contribution < -0.4 is 10.6 Å². The summed E-state index contributed by atoms with van der Waals surface area (Å²) in [5.41, 5.74) is 2.31. The van der Waals surface area contributed by atoms with E-state index >= 15 is 0 Å². The summed E-state index contributed by atoms with van der Waals surface area (Å²) in [7, 11) is 0. The second-order valence-corrected chi connectivity index (χ2v) is 6.14. The van der Waals surface area contributed by atoms with Crippen molar-refractivity contribution in [3.8, 4) is 12.3 Å². The lowest BCUT2D eigenvalue weighted by Gasteiger charge is -2.08. The van der Waals surface area contributed by atoms with Gasteiger partial charge in [-0.05, 0) is 47.8 Å². The quantitative estimate of drug-likeness (QED) is 0.695. The normalized spacial score (nSPS) is 9.88. The Balaban J connectivity index is 1.73. The Morgan fingerprint density at radius 3 is 2.32 bits per heavy atom. The first-order chi connectivity index (χ1) is 12.2. The number of hydrogen-bond acceptors (Lipinski definition) is 3. The third-order valence-electron chi connectivity index (χ3n) is 3.41. The van der Waals surface area contributed by atoms with Crippen molar-refractivity contribution in [3.05, 3.63) is 82.0 Å². The number of rotatable bonds is 4. The molecule has 1 heterocycles. The molecule has 0 saturated carbocycles. The van der Waals surface area contributed by atoms with Crippen molar-refractivity contribution in [1.29, 1.82) is 0 Å². The molecule has 1 aromatic heterocycles. The van der Waals surface area contributed by atoms with Crippen LogP contribution in [0.1, 0.15) is 25.6 Å². The topological polar surface area (TPSA) is 58.2 Å². The second kappa shape index (κ2) is 7.47. The SMILES string of the molecule is C#Cc1cccc(NC(=O)c2cccc(NC(=O)c3cccs3)c2)c1. The number of hydrogen-bond donors (Lipinski definition) is 2. The van der Waals surface area contributed by atoms with Crippen molar-refractivity contribution >= 4 is 34.5 Å². The molecule has 25 heavy (non-hydrogen) atoms. The van der Waals surface area contributed by atoms with Gasteiger partial charge in [0.25, 0.3) is 11.8 Å². The summed E-state index contributed by atoms with van der Waals surface area (Å²) in [6.45, 7) is 0. The minimum atomic E-state index is -0.276. The van der Waals surface area contributed by atoms with Crippen LogP contribution in [0.2, 0.25) is 0 Å². The molecule has 2 amide bonds. The third kappa shape index (κ3) is 4.14. The number of nitrogens with one attached hydrogen (secondary N) is 2. The molecule has 2 aromatic carbocycles. The molecule has 0 fully saturated rings. The molecule has 0 saturated heterocycles. The van der Waals surface area contributed by atoms with Crippen molar-refractivity contribution in [1.82, 2.24) is 0 Å². The van der Waals surface area contributed by atoms with Gasteiger partial charge in [-0.1, -0.05) is 24.1 Å². The van der Waals surface area contributed by atoms with E-state index in [4.69, 9.17) is 6.42 Å². The molecule has 122 valence electrons. The fraction of sp³-hybridized carbons (Fsp3) is 0. The molecular formula is C20H14N2O2S. The van der Waals surface area contributed by atoms with Gasteiger partial charge in [0.2, 0.25) is 0 Å². The number of amides is 2. The molecule has 0 aliphatic heterocycles. The fourth-order valence-corrected chi connectivity index (χ4v) is 2.85. The third-order valence-corrected chi connectivity index (χ3v) is 4.28. The first-order valence-corrected chi connectivity index (χ1v) is 8.36. The van der Waals surface area contributed by atoms with Crippen molar-refractivity contribution in [2.24, 2.45) is 0 Å². The number of anilines is 2. The van der Waals surface area contributed by atoms with Crippen LogP contribution in [0.15, 0.2) is 66.0 Å². The average Bonchev–Trinajstić information content (AvgIpc) is 3.17. The van der Waals surface area contributed by atoms with Crippen LogP contribution in [0.5, 0.6) is 0 Å². The molecule has 5 heteroatoms. The minimum absolute atomic E-state index is 0.200. The van der Waals surface area contributed by atoms with Crippen LogP contribution in [-0.4, -0.2) is 11.8 Å². The monoisotopic (exact) mass is 346 g/mol. The summed E-state index contributed by atoms with van der Waals surface area (Å²) in [6.07, 6.45) is 5.36. The first-order valence-electron chi connectivity index (χ1n) is 7.48. The van der Waals surface area contributed by atoms with E-state index in [0.29, 0.717) is 27.4 Å². The fourth-order valence-electron chi connectivity index (χ4n) is 2.23. The van der Waals surface area contributed by atoms with E-state index in [1.807, 2.05) is 11.4 Å². The highest BCUT2D eigenvalue weighted by atomic mass is 32.1. The zero-order chi connectivity index (χ0) is 17.6. The lowest BCUT2D eigenvalue weighted by Crippen LogP contribution is -2.14. The maximum absolute atomic E-state index is 12.4. The van der Waals surface area contributed by atoms with E-state index in [1.165, 1.54) is 11.3 Å². The summed E-state index contributed by atoms with van der Waals surface area (Å²) in [4.78, 5) is 25.1. The van der Waals surface area contributed by atoms with Crippen LogP contribution in [0, 0.1) is 12.3 Å². The maximum Gasteiger partial charge on any atom is 0.265 e. The van der Waals surface area contributed by atoms with Gasteiger partial charge in [0.15, 0.2) is 0 Å². The van der Waals surface area contributed by atoms with Crippen molar-refractivity contribution in [2.75, 3.05) is 10.6 Å². The lowest BCUT2D eigenvalue weighted by atomic mass is 10.1. The first kappa shape index (κ1) is 16.5. The molecule has 3 aromatic rings. The van der Waals surface area contributed by atoms with Crippen LogP contribution in [0.4, 0.5) is 11.4 Å². The standard InChI is InChI=1S/C20H14N2O2S/c1-2-14-6-3-8-16(12-14)21-19(23)15-7-4-9-17(13-15)22-20(24)18-10-5-11-25-18/h1,3-13H,(H,21,23)(H,22,24). The van der Waals surface area contributed by atoms with Crippen molar-refractivity contribution in [3.63, 3.8) is 0 Å². The Morgan fingerprint density at radius 1 is 0.880 bits per heavy atom. The molecule has 0 aliphatic rings. The van der Waals surface area contributed by atoms with Gasteiger partial charge in [0.1, 0.15) is 0 Å². The molecule has 0 aliphatic carbocycles. The van der Waals surface area contributed by atoms with Crippen LogP contribution in [0.25, 0.3) is 0 Å². The van der Waals surface area contributed by atoms with E-state index in [-0.39, 0.29) is 11.8 Å². The Labute approximate surface area is 149 Å². The number of thiophene rings is 1. The van der Waals surface area contributed by atoms with E-state index < -0.39 is 0 Å². The second-order valence-electron chi connectivity index (χ2n) is 5.19. The van der Waals surface area contributed by atoms with Crippen LogP contribution in [-0.2, 0) is 0 Å². The number of carbonyl (C=O) groups is 2. The highest BCUT2D eigenvalue weighted by molar-refractivity contribution is 7.12. The molecule has 0 spiro atoms. The van der Waals surface area contributed by atoms with Gasteiger partial charge in [-0.25, -0.2) is 0 Å². The number of carbonyl (C=O) groups excluding carboxylic acids is 2. The van der Waals surface area contributed by atoms with E-state index in [0.717, 1.165) is 0 Å². The molecule has 0 unspecified atom stereocenters. The molecule has 0 atom stereocenters. The molecule has 0 radical (unpaired) electrons. The summed E-state index contributed by atoms with van der Waals surface area (Å²) < 4.78 is 0. The zero-order valence-corrected chi connectivity index (χ0v) is 14.0. The average molecular weight is 346 g/mol. The van der Waals surface area contributed by atoms with Gasteiger partial charge < -0.3 is 10.6 Å². The minimum Gasteiger partial charge on any atom is -0.322 e. The zero-order valence-electron chi connectivity index (χ0n) is 13.2. The largest absolute Gasteiger partial charge is 0.322 e. The van der Waals surface area contributed by atoms with Gasteiger partial charge in [0, 0.05) is 22.5 Å². The molecule has 4 nitrogen and oxygen atoms in total. The van der Waals surface area contributed by atoms with Gasteiger partial charge in [-0.2, -0.15) is 0 Å². The number of terminal acetylenes is 1. The Kier molecular flexibility index (Phi) is 4.93. The molecular weight excluding hydrogens is 332 g/mol. The van der Waals surface area contributed by atoms with Crippen molar-refractivity contribution < 1.29 is 9.59 Å². The highest BCUT2D eigenvalue weighted by Gasteiger charge is 2.10. The van der Waals surface area contributed by atoms with Gasteiger partial charge in [-0.3, -0.25) is 9.59 Å². The summed E-state index contributed by atoms with van der Waals surface area (Å²) in [5.74, 6) is 2.05. The maximum atomic E-state index is 12.4. The lowest BCUT2D eigenvalue weighted by molar-refractivity contribution is 0.101. The molecule has 2 N–H and O–H groups in total. The Bertz CT molecular complexity index is 956. The van der Waals surface area contributed by atoms with E-state index in [1.54, 1.807) is 54.6 Å². The summed E-state index contributed by atoms with van der Waals surface area (Å²) in [5, 5.41) is 7.42. The Morgan fingerprint density at radius 2 is 1.60 bits per heavy atom. The van der Waals surface area contributed by atoms with Gasteiger partial charge >= 0.3 is 0 Å². The Hall–Kier alpha value is -3.36. The van der Waals surface area contributed by atoms with E-state index in [2.05, 4.69) is 16.6 Å². The van der Waals surface area contributed by atoms with Gasteiger partial charge in [0.05, 0.1) is 4.88 Å². The summed E-state index contributed by atoms with van der Waals surface area (Å²) >= 11 is 1.36. The molecule has 3 rings (SSSR count). The smallest absolute Gasteiger partial charge is 0.265 e. The van der Waals surface area contributed by atoms with Crippen LogP contribution in [0.3, 0.4) is 0 Å². The van der Waals surface area contributed by atoms with E-state index in [9.17, 15) is 9.59 Å². The predicted molar refractivity (Wildman–Crippen MR) is 101 cm³/mol. The van der Waals surface area contributed by atoms with Gasteiger partial charge in [-0.15, -0.1) is 17.8 Å². The highest BCUT2D eigenvalue weighted by Crippen LogP contribution is 2.17. The van der Waals surface area contributed by atoms with Crippen LogP contribution >= 0.6 is 11.3 Å².